The van der Waals surface area contributed by atoms with Crippen molar-refractivity contribution in [2.45, 2.75) is 13.0 Å². The Morgan fingerprint density at radius 1 is 1.60 bits per heavy atom. The van der Waals surface area contributed by atoms with Gasteiger partial charge in [-0.25, -0.2) is 4.98 Å². The lowest BCUT2D eigenvalue weighted by atomic mass is 10.2. The van der Waals surface area contributed by atoms with Crippen LogP contribution in [0.15, 0.2) is 23.4 Å². The SMILES string of the molecule is [N-]=[N+]=NCCC#Cc1cc(CO)ccn1. The van der Waals surface area contributed by atoms with Crippen LogP contribution in [0.3, 0.4) is 0 Å². The average molecular weight is 202 g/mol. The lowest BCUT2D eigenvalue weighted by Crippen LogP contribution is -1.87. The molecule has 1 aromatic rings. The summed E-state index contributed by atoms with van der Waals surface area (Å²) in [5.74, 6) is 5.65. The first-order valence-corrected chi connectivity index (χ1v) is 4.42. The molecule has 0 aliphatic heterocycles. The van der Waals surface area contributed by atoms with E-state index in [1.807, 2.05) is 0 Å². The molecule has 0 bridgehead atoms. The monoisotopic (exact) mass is 202 g/mol. The quantitative estimate of drug-likeness (QED) is 0.265. The largest absolute Gasteiger partial charge is 0.392 e. The van der Waals surface area contributed by atoms with Crippen LogP contribution < -0.4 is 0 Å². The minimum atomic E-state index is -0.0179. The number of nitrogens with zero attached hydrogens (tertiary/aromatic N) is 4. The molecule has 0 saturated carbocycles. The highest BCUT2D eigenvalue weighted by molar-refractivity contribution is 5.30. The number of pyridine rings is 1. The zero-order chi connectivity index (χ0) is 10.9. The maximum atomic E-state index is 8.87. The number of rotatable bonds is 3. The molecule has 1 aromatic heterocycles. The van der Waals surface area contributed by atoms with Gasteiger partial charge in [-0.2, -0.15) is 0 Å². The molecule has 0 aliphatic rings. The normalized spacial score (nSPS) is 8.60. The fraction of sp³-hybridized carbons (Fsp3) is 0.300. The summed E-state index contributed by atoms with van der Waals surface area (Å²) in [5.41, 5.74) is 9.42. The van der Waals surface area contributed by atoms with Gasteiger partial charge < -0.3 is 5.11 Å². The van der Waals surface area contributed by atoms with Crippen LogP contribution in [0.1, 0.15) is 17.7 Å². The highest BCUT2D eigenvalue weighted by atomic mass is 16.3. The third kappa shape index (κ3) is 4.14. The summed E-state index contributed by atoms with van der Waals surface area (Å²) < 4.78 is 0. The van der Waals surface area contributed by atoms with Crippen molar-refractivity contribution in [3.8, 4) is 11.8 Å². The number of hydrogen-bond donors (Lipinski definition) is 1. The van der Waals surface area contributed by atoms with Crippen LogP contribution in [-0.4, -0.2) is 16.6 Å². The van der Waals surface area contributed by atoms with Gasteiger partial charge in [0.2, 0.25) is 0 Å². The van der Waals surface area contributed by atoms with Crippen molar-refractivity contribution < 1.29 is 5.11 Å². The van der Waals surface area contributed by atoms with Crippen molar-refractivity contribution in [2.24, 2.45) is 5.11 Å². The highest BCUT2D eigenvalue weighted by Crippen LogP contribution is 1.99. The minimum Gasteiger partial charge on any atom is -0.392 e. The number of hydrogen-bond acceptors (Lipinski definition) is 3. The summed E-state index contributed by atoms with van der Waals surface area (Å²) in [5, 5.41) is 12.2. The van der Waals surface area contributed by atoms with Gasteiger partial charge in [0.1, 0.15) is 5.69 Å². The summed E-state index contributed by atoms with van der Waals surface area (Å²) in [6, 6.07) is 3.45. The molecule has 0 fully saturated rings. The van der Waals surface area contributed by atoms with Crippen molar-refractivity contribution in [3.63, 3.8) is 0 Å². The molecule has 1 heterocycles. The fourth-order valence-electron chi connectivity index (χ4n) is 0.945. The summed E-state index contributed by atoms with van der Waals surface area (Å²) in [7, 11) is 0. The molecule has 0 spiro atoms. The number of aliphatic hydroxyl groups excluding tert-OH is 1. The second-order valence-electron chi connectivity index (χ2n) is 2.71. The Kier molecular flexibility index (Phi) is 4.74. The Labute approximate surface area is 87.4 Å². The maximum Gasteiger partial charge on any atom is 0.113 e. The highest BCUT2D eigenvalue weighted by Gasteiger charge is 1.91. The van der Waals surface area contributed by atoms with Gasteiger partial charge in [0.25, 0.3) is 0 Å². The second-order valence-corrected chi connectivity index (χ2v) is 2.71. The Hall–Kier alpha value is -2.02. The van der Waals surface area contributed by atoms with E-state index in [-0.39, 0.29) is 6.61 Å². The van der Waals surface area contributed by atoms with E-state index in [1.165, 1.54) is 0 Å². The standard InChI is InChI=1S/C10H10N4O/c11-14-13-5-2-1-3-10-7-9(8-15)4-6-12-10/h4,6-7,15H,2,5,8H2. The van der Waals surface area contributed by atoms with E-state index in [2.05, 4.69) is 26.9 Å². The first kappa shape index (κ1) is 11.1. The molecule has 1 rings (SSSR count). The minimum absolute atomic E-state index is 0.0179. The fourth-order valence-corrected chi connectivity index (χ4v) is 0.945. The van der Waals surface area contributed by atoms with Crippen molar-refractivity contribution in [2.75, 3.05) is 6.54 Å². The van der Waals surface area contributed by atoms with Gasteiger partial charge in [-0.15, -0.1) is 0 Å². The predicted octanol–water partition coefficient (Wildman–Crippen LogP) is 1.63. The molecule has 0 amide bonds. The Morgan fingerprint density at radius 3 is 3.20 bits per heavy atom. The van der Waals surface area contributed by atoms with Gasteiger partial charge in [-0.1, -0.05) is 11.0 Å². The number of aromatic nitrogens is 1. The summed E-state index contributed by atoms with van der Waals surface area (Å²) in [6.07, 6.45) is 2.11. The van der Waals surface area contributed by atoms with Crippen LogP contribution in [0.4, 0.5) is 0 Å². The van der Waals surface area contributed by atoms with Crippen LogP contribution in [0.5, 0.6) is 0 Å². The average Bonchev–Trinajstić information content (AvgIpc) is 2.29. The Bertz CT molecular complexity index is 427. The van der Waals surface area contributed by atoms with Gasteiger partial charge in [0.15, 0.2) is 0 Å². The molecule has 0 aliphatic carbocycles. The van der Waals surface area contributed by atoms with Crippen LogP contribution in [0.25, 0.3) is 10.4 Å². The van der Waals surface area contributed by atoms with Crippen LogP contribution in [0, 0.1) is 11.8 Å². The first-order valence-electron chi connectivity index (χ1n) is 4.42. The van der Waals surface area contributed by atoms with Crippen LogP contribution in [-0.2, 0) is 6.61 Å². The van der Waals surface area contributed by atoms with E-state index in [0.29, 0.717) is 18.7 Å². The molecule has 0 atom stereocenters. The summed E-state index contributed by atoms with van der Waals surface area (Å²) in [4.78, 5) is 6.63. The lowest BCUT2D eigenvalue weighted by molar-refractivity contribution is 0.281. The van der Waals surface area contributed by atoms with Gasteiger partial charge in [-0.05, 0) is 29.1 Å². The van der Waals surface area contributed by atoms with Crippen molar-refractivity contribution in [1.82, 2.24) is 4.98 Å². The number of azide groups is 1. The molecule has 0 radical (unpaired) electrons. The van der Waals surface area contributed by atoms with Gasteiger partial charge >= 0.3 is 0 Å². The predicted molar refractivity (Wildman–Crippen MR) is 55.7 cm³/mol. The summed E-state index contributed by atoms with van der Waals surface area (Å²) >= 11 is 0. The van der Waals surface area contributed by atoms with Crippen molar-refractivity contribution >= 4 is 0 Å². The molecule has 5 heteroatoms. The maximum absolute atomic E-state index is 8.87. The zero-order valence-electron chi connectivity index (χ0n) is 8.09. The third-order valence-electron chi connectivity index (χ3n) is 1.62. The Morgan fingerprint density at radius 2 is 2.47 bits per heavy atom. The third-order valence-corrected chi connectivity index (χ3v) is 1.62. The van der Waals surface area contributed by atoms with Crippen LogP contribution in [0.2, 0.25) is 0 Å². The second kappa shape index (κ2) is 6.44. The van der Waals surface area contributed by atoms with E-state index >= 15 is 0 Å². The molecule has 0 unspecified atom stereocenters. The molecule has 1 N–H and O–H groups in total. The smallest absolute Gasteiger partial charge is 0.113 e. The molecule has 15 heavy (non-hydrogen) atoms. The first-order chi connectivity index (χ1) is 7.36. The van der Waals surface area contributed by atoms with E-state index in [9.17, 15) is 0 Å². The van der Waals surface area contributed by atoms with E-state index in [4.69, 9.17) is 10.6 Å². The van der Waals surface area contributed by atoms with E-state index < -0.39 is 0 Å². The van der Waals surface area contributed by atoms with Crippen molar-refractivity contribution in [1.29, 1.82) is 0 Å². The molecule has 5 nitrogen and oxygen atoms in total. The molecule has 0 aromatic carbocycles. The Balaban J connectivity index is 2.58. The van der Waals surface area contributed by atoms with Gasteiger partial charge in [0, 0.05) is 24.1 Å². The number of aliphatic hydroxyl groups is 1. The molecular weight excluding hydrogens is 192 g/mol. The topological polar surface area (TPSA) is 81.9 Å². The molecular formula is C10H10N4O. The summed E-state index contributed by atoms with van der Waals surface area (Å²) in [6.45, 7) is 0.346. The molecule has 76 valence electrons. The van der Waals surface area contributed by atoms with Gasteiger partial charge in [0.05, 0.1) is 6.61 Å². The van der Waals surface area contributed by atoms with Gasteiger partial charge in [-0.3, -0.25) is 0 Å². The van der Waals surface area contributed by atoms with Crippen LogP contribution >= 0.6 is 0 Å². The lowest BCUT2D eigenvalue weighted by Gasteiger charge is -1.94. The van der Waals surface area contributed by atoms with E-state index in [0.717, 1.165) is 5.56 Å². The molecule has 0 saturated heterocycles. The van der Waals surface area contributed by atoms with Crippen molar-refractivity contribution in [3.05, 3.63) is 40.0 Å². The van der Waals surface area contributed by atoms with E-state index in [1.54, 1.807) is 18.3 Å². The zero-order valence-corrected chi connectivity index (χ0v) is 8.09.